The molecule has 0 aliphatic carbocycles. The molecule has 8 nitrogen and oxygen atoms in total. The van der Waals surface area contributed by atoms with E-state index < -0.39 is 17.7 Å². The molecular formula is C25H23N5O3. The molecule has 2 atom stereocenters. The molecule has 8 heteroatoms. The Morgan fingerprint density at radius 2 is 1.76 bits per heavy atom. The molecule has 33 heavy (non-hydrogen) atoms. The van der Waals surface area contributed by atoms with E-state index in [1.807, 2.05) is 35.2 Å². The maximum Gasteiger partial charge on any atom is 0.258 e. The van der Waals surface area contributed by atoms with Gasteiger partial charge in [-0.25, -0.2) is 0 Å². The smallest absolute Gasteiger partial charge is 0.258 e. The number of hydrogen-bond acceptors (Lipinski definition) is 6. The SMILES string of the molecule is N#CC1C(=O)Nc2nc(N3CCCCC3)[nH]c(=O)c2C1c1cccc(Oc2ccccc2)c1. The van der Waals surface area contributed by atoms with E-state index in [9.17, 15) is 14.9 Å². The van der Waals surface area contributed by atoms with Crippen molar-refractivity contribution in [3.05, 3.63) is 76.1 Å². The lowest BCUT2D eigenvalue weighted by molar-refractivity contribution is -0.119. The van der Waals surface area contributed by atoms with Gasteiger partial charge in [0.05, 0.1) is 11.6 Å². The van der Waals surface area contributed by atoms with E-state index in [1.54, 1.807) is 24.3 Å². The standard InChI is InChI=1S/C25H23N5O3/c26-15-19-20(16-8-7-11-18(14-16)33-17-9-3-1-4-10-17)21-22(27-23(19)31)28-25(29-24(21)32)30-12-5-2-6-13-30/h1,3-4,7-11,14,19-20H,2,5-6,12-13H2,(H2,27,28,29,31,32). The average molecular weight is 441 g/mol. The molecule has 3 aromatic rings. The zero-order valence-electron chi connectivity index (χ0n) is 18.0. The van der Waals surface area contributed by atoms with Crippen LogP contribution in [0.2, 0.25) is 0 Å². The molecule has 2 aromatic carbocycles. The van der Waals surface area contributed by atoms with Crippen molar-refractivity contribution in [3.63, 3.8) is 0 Å². The summed E-state index contributed by atoms with van der Waals surface area (Å²) in [6.45, 7) is 1.61. The number of benzene rings is 2. The molecule has 1 fully saturated rings. The predicted octanol–water partition coefficient (Wildman–Crippen LogP) is 3.78. The highest BCUT2D eigenvalue weighted by atomic mass is 16.5. The number of amides is 1. The monoisotopic (exact) mass is 441 g/mol. The third-order valence-electron chi connectivity index (χ3n) is 6.10. The lowest BCUT2D eigenvalue weighted by atomic mass is 9.79. The van der Waals surface area contributed by atoms with Crippen LogP contribution >= 0.6 is 0 Å². The fraction of sp³-hybridized carbons (Fsp3) is 0.280. The fourth-order valence-corrected chi connectivity index (χ4v) is 4.51. The molecular weight excluding hydrogens is 418 g/mol. The normalized spacial score (nSPS) is 19.8. The first kappa shape index (κ1) is 20.8. The van der Waals surface area contributed by atoms with Gasteiger partial charge in [-0.3, -0.25) is 14.6 Å². The van der Waals surface area contributed by atoms with Gasteiger partial charge in [0.25, 0.3) is 5.56 Å². The maximum atomic E-state index is 13.2. The van der Waals surface area contributed by atoms with Crippen molar-refractivity contribution in [1.82, 2.24) is 9.97 Å². The van der Waals surface area contributed by atoms with Gasteiger partial charge in [-0.2, -0.15) is 10.2 Å². The third-order valence-corrected chi connectivity index (χ3v) is 6.10. The quantitative estimate of drug-likeness (QED) is 0.637. The Kier molecular flexibility index (Phi) is 5.53. The summed E-state index contributed by atoms with van der Waals surface area (Å²) in [4.78, 5) is 35.5. The molecule has 2 aliphatic rings. The van der Waals surface area contributed by atoms with Crippen molar-refractivity contribution < 1.29 is 9.53 Å². The first-order chi connectivity index (χ1) is 16.1. The number of fused-ring (bicyclic) bond motifs is 1. The minimum absolute atomic E-state index is 0.218. The zero-order chi connectivity index (χ0) is 22.8. The van der Waals surface area contributed by atoms with Gasteiger partial charge in [0, 0.05) is 19.0 Å². The summed E-state index contributed by atoms with van der Waals surface area (Å²) >= 11 is 0. The summed E-state index contributed by atoms with van der Waals surface area (Å²) < 4.78 is 5.93. The number of para-hydroxylation sites is 1. The summed E-state index contributed by atoms with van der Waals surface area (Å²) in [5, 5.41) is 12.5. The lowest BCUT2D eigenvalue weighted by Gasteiger charge is -2.31. The van der Waals surface area contributed by atoms with Crippen molar-refractivity contribution >= 4 is 17.7 Å². The van der Waals surface area contributed by atoms with Gasteiger partial charge in [-0.1, -0.05) is 30.3 Å². The van der Waals surface area contributed by atoms with Crippen LogP contribution in [0.25, 0.3) is 0 Å². The Balaban J connectivity index is 1.56. The van der Waals surface area contributed by atoms with Gasteiger partial charge in [0.1, 0.15) is 23.2 Å². The molecule has 3 heterocycles. The highest BCUT2D eigenvalue weighted by Crippen LogP contribution is 2.39. The molecule has 2 unspecified atom stereocenters. The maximum absolute atomic E-state index is 13.2. The van der Waals surface area contributed by atoms with Crippen molar-refractivity contribution in [2.24, 2.45) is 5.92 Å². The van der Waals surface area contributed by atoms with Crippen LogP contribution in [0.5, 0.6) is 11.5 Å². The molecule has 1 saturated heterocycles. The number of hydrogen-bond donors (Lipinski definition) is 2. The van der Waals surface area contributed by atoms with E-state index in [4.69, 9.17) is 4.74 Å². The molecule has 0 radical (unpaired) electrons. The van der Waals surface area contributed by atoms with Crippen LogP contribution in [0, 0.1) is 17.2 Å². The lowest BCUT2D eigenvalue weighted by Crippen LogP contribution is -2.40. The van der Waals surface area contributed by atoms with Crippen molar-refractivity contribution in [1.29, 1.82) is 5.26 Å². The van der Waals surface area contributed by atoms with E-state index in [-0.39, 0.29) is 11.4 Å². The number of nitrogens with zero attached hydrogens (tertiary/aromatic N) is 3. The van der Waals surface area contributed by atoms with E-state index in [0.717, 1.165) is 32.4 Å². The fourth-order valence-electron chi connectivity index (χ4n) is 4.51. The Morgan fingerprint density at radius 3 is 2.52 bits per heavy atom. The number of rotatable bonds is 4. The van der Waals surface area contributed by atoms with Gasteiger partial charge in [-0.15, -0.1) is 0 Å². The second-order valence-corrected chi connectivity index (χ2v) is 8.26. The minimum atomic E-state index is -1.06. The van der Waals surface area contributed by atoms with Crippen LogP contribution in [0.4, 0.5) is 11.8 Å². The highest BCUT2D eigenvalue weighted by Gasteiger charge is 2.40. The Morgan fingerprint density at radius 1 is 1.00 bits per heavy atom. The van der Waals surface area contributed by atoms with Gasteiger partial charge < -0.3 is 15.0 Å². The van der Waals surface area contributed by atoms with Crippen LogP contribution in [-0.2, 0) is 4.79 Å². The molecule has 1 aromatic heterocycles. The second-order valence-electron chi connectivity index (χ2n) is 8.26. The molecule has 5 rings (SSSR count). The van der Waals surface area contributed by atoms with E-state index in [1.165, 1.54) is 0 Å². The van der Waals surface area contributed by atoms with Crippen LogP contribution in [0.3, 0.4) is 0 Å². The number of carbonyl (C=O) groups excluding carboxylic acids is 1. The number of aromatic amines is 1. The Hall–Kier alpha value is -4.12. The molecule has 0 saturated carbocycles. The van der Waals surface area contributed by atoms with Gasteiger partial charge in [0.2, 0.25) is 11.9 Å². The summed E-state index contributed by atoms with van der Waals surface area (Å²) in [7, 11) is 0. The van der Waals surface area contributed by atoms with Gasteiger partial charge in [-0.05, 0) is 49.1 Å². The average Bonchev–Trinajstić information content (AvgIpc) is 2.84. The van der Waals surface area contributed by atoms with Crippen molar-refractivity contribution in [2.45, 2.75) is 25.2 Å². The molecule has 166 valence electrons. The van der Waals surface area contributed by atoms with Crippen LogP contribution in [-0.4, -0.2) is 29.0 Å². The van der Waals surface area contributed by atoms with Gasteiger partial charge in [0.15, 0.2) is 0 Å². The highest BCUT2D eigenvalue weighted by molar-refractivity contribution is 5.98. The van der Waals surface area contributed by atoms with Crippen molar-refractivity contribution in [3.8, 4) is 17.6 Å². The molecule has 0 spiro atoms. The van der Waals surface area contributed by atoms with E-state index in [2.05, 4.69) is 21.4 Å². The van der Waals surface area contributed by atoms with E-state index in [0.29, 0.717) is 28.6 Å². The second kappa shape index (κ2) is 8.79. The Bertz CT molecular complexity index is 1280. The number of H-pyrrole nitrogens is 1. The van der Waals surface area contributed by atoms with Crippen LogP contribution in [0.15, 0.2) is 59.4 Å². The van der Waals surface area contributed by atoms with Crippen LogP contribution in [0.1, 0.15) is 36.3 Å². The molecule has 2 N–H and O–H groups in total. The number of piperidine rings is 1. The minimum Gasteiger partial charge on any atom is -0.457 e. The number of nitriles is 1. The Labute approximate surface area is 190 Å². The first-order valence-electron chi connectivity index (χ1n) is 11.1. The summed E-state index contributed by atoms with van der Waals surface area (Å²) in [6.07, 6.45) is 3.21. The van der Waals surface area contributed by atoms with E-state index >= 15 is 0 Å². The number of aromatic nitrogens is 2. The number of nitrogens with one attached hydrogen (secondary N) is 2. The first-order valence-corrected chi connectivity index (χ1v) is 11.1. The number of ether oxygens (including phenoxy) is 1. The predicted molar refractivity (Wildman–Crippen MR) is 123 cm³/mol. The summed E-state index contributed by atoms with van der Waals surface area (Å²) in [5.41, 5.74) is 0.586. The molecule has 2 aliphatic heterocycles. The van der Waals surface area contributed by atoms with Crippen molar-refractivity contribution in [2.75, 3.05) is 23.3 Å². The zero-order valence-corrected chi connectivity index (χ0v) is 18.0. The molecule has 0 bridgehead atoms. The number of anilines is 2. The largest absolute Gasteiger partial charge is 0.457 e. The topological polar surface area (TPSA) is 111 Å². The van der Waals surface area contributed by atoms with Crippen LogP contribution < -0.4 is 20.5 Å². The summed E-state index contributed by atoms with van der Waals surface area (Å²) in [6, 6.07) is 18.5. The summed E-state index contributed by atoms with van der Waals surface area (Å²) in [5.74, 6) is -0.398. The molecule has 1 amide bonds. The third kappa shape index (κ3) is 4.05. The van der Waals surface area contributed by atoms with Gasteiger partial charge >= 0.3 is 0 Å². The number of carbonyl (C=O) groups is 1.